The van der Waals surface area contributed by atoms with Crippen LogP contribution in [-0.4, -0.2) is 34.2 Å². The summed E-state index contributed by atoms with van der Waals surface area (Å²) >= 11 is 1.73. The minimum Gasteiger partial charge on any atom is -0.329 e. The Kier molecular flexibility index (Phi) is 1.23. The standard InChI is InChI=1S/C6H8N2OS/c7-2-4-3-8-5(9)1-6(8)10-4/h2,4,6-7H,1,3H2. The molecule has 0 spiro atoms. The van der Waals surface area contributed by atoms with Crippen molar-refractivity contribution in [1.82, 2.24) is 4.90 Å². The van der Waals surface area contributed by atoms with Crippen molar-refractivity contribution in [3.8, 4) is 0 Å². The first-order chi connectivity index (χ1) is 4.81. The normalized spacial score (nSPS) is 37.2. The molecule has 1 N–H and O–H groups in total. The molecule has 2 aliphatic heterocycles. The zero-order chi connectivity index (χ0) is 7.14. The van der Waals surface area contributed by atoms with Gasteiger partial charge < -0.3 is 10.3 Å². The molecule has 4 heteroatoms. The fourth-order valence-electron chi connectivity index (χ4n) is 1.30. The van der Waals surface area contributed by atoms with E-state index in [4.69, 9.17) is 5.41 Å². The maximum absolute atomic E-state index is 10.8. The Hall–Kier alpha value is -0.510. The predicted molar refractivity (Wildman–Crippen MR) is 40.3 cm³/mol. The SMILES string of the molecule is N=CC1CN2C(=O)CC2S1. The van der Waals surface area contributed by atoms with Crippen molar-refractivity contribution in [3.05, 3.63) is 0 Å². The van der Waals surface area contributed by atoms with Gasteiger partial charge in [0.25, 0.3) is 0 Å². The number of thioether (sulfide) groups is 1. The van der Waals surface area contributed by atoms with Gasteiger partial charge in [-0.2, -0.15) is 0 Å². The van der Waals surface area contributed by atoms with Gasteiger partial charge in [-0.05, 0) is 0 Å². The van der Waals surface area contributed by atoms with Crippen molar-refractivity contribution < 1.29 is 4.79 Å². The molecule has 2 heterocycles. The van der Waals surface area contributed by atoms with E-state index in [0.717, 1.165) is 6.54 Å². The van der Waals surface area contributed by atoms with Crippen LogP contribution in [0.15, 0.2) is 0 Å². The number of nitrogens with one attached hydrogen (secondary N) is 1. The number of carbonyl (C=O) groups excluding carboxylic acids is 1. The largest absolute Gasteiger partial charge is 0.329 e. The van der Waals surface area contributed by atoms with Crippen LogP contribution < -0.4 is 0 Å². The molecule has 2 rings (SSSR count). The molecule has 2 saturated heterocycles. The molecule has 2 aliphatic rings. The van der Waals surface area contributed by atoms with E-state index in [0.29, 0.717) is 11.8 Å². The van der Waals surface area contributed by atoms with Crippen LogP contribution in [0.25, 0.3) is 0 Å². The lowest BCUT2D eigenvalue weighted by Gasteiger charge is -2.32. The van der Waals surface area contributed by atoms with Crippen LogP contribution in [0.3, 0.4) is 0 Å². The van der Waals surface area contributed by atoms with E-state index in [2.05, 4.69) is 0 Å². The monoisotopic (exact) mass is 156 g/mol. The van der Waals surface area contributed by atoms with Gasteiger partial charge in [0.1, 0.15) is 0 Å². The number of fused-ring (bicyclic) bond motifs is 1. The van der Waals surface area contributed by atoms with Crippen molar-refractivity contribution >= 4 is 23.9 Å². The molecule has 3 nitrogen and oxygen atoms in total. The quantitative estimate of drug-likeness (QED) is 0.438. The third-order valence-corrected chi connectivity index (χ3v) is 3.28. The summed E-state index contributed by atoms with van der Waals surface area (Å²) in [7, 11) is 0. The Balaban J connectivity index is 2.05. The molecule has 0 bridgehead atoms. The Morgan fingerprint density at radius 3 is 3.10 bits per heavy atom. The summed E-state index contributed by atoms with van der Waals surface area (Å²) in [6.07, 6.45) is 2.12. The highest BCUT2D eigenvalue weighted by Gasteiger charge is 2.43. The molecule has 54 valence electrons. The van der Waals surface area contributed by atoms with E-state index in [9.17, 15) is 4.79 Å². The van der Waals surface area contributed by atoms with E-state index < -0.39 is 0 Å². The summed E-state index contributed by atoms with van der Waals surface area (Å²) in [5.74, 6) is 0.252. The van der Waals surface area contributed by atoms with Gasteiger partial charge in [0.2, 0.25) is 5.91 Å². The van der Waals surface area contributed by atoms with Gasteiger partial charge in [0.05, 0.1) is 17.0 Å². The fourth-order valence-corrected chi connectivity index (χ4v) is 2.61. The third-order valence-electron chi connectivity index (χ3n) is 1.91. The summed E-state index contributed by atoms with van der Waals surface area (Å²) < 4.78 is 0. The molecule has 2 atom stereocenters. The van der Waals surface area contributed by atoms with Gasteiger partial charge in [-0.3, -0.25) is 4.79 Å². The number of nitrogens with zero attached hydrogens (tertiary/aromatic N) is 1. The second-order valence-electron chi connectivity index (χ2n) is 2.55. The maximum Gasteiger partial charge on any atom is 0.226 e. The number of hydrogen-bond donors (Lipinski definition) is 1. The first-order valence-corrected chi connectivity index (χ1v) is 4.21. The number of carbonyl (C=O) groups is 1. The first-order valence-electron chi connectivity index (χ1n) is 3.27. The molecule has 0 saturated carbocycles. The van der Waals surface area contributed by atoms with Gasteiger partial charge in [0.15, 0.2) is 0 Å². The van der Waals surface area contributed by atoms with Gasteiger partial charge in [-0.25, -0.2) is 0 Å². The van der Waals surface area contributed by atoms with Crippen molar-refractivity contribution in [2.45, 2.75) is 17.0 Å². The number of rotatable bonds is 1. The average molecular weight is 156 g/mol. The van der Waals surface area contributed by atoms with Crippen LogP contribution in [0.4, 0.5) is 0 Å². The van der Waals surface area contributed by atoms with Crippen LogP contribution in [-0.2, 0) is 4.79 Å². The van der Waals surface area contributed by atoms with Gasteiger partial charge in [-0.15, -0.1) is 11.8 Å². The highest BCUT2D eigenvalue weighted by atomic mass is 32.2. The molecule has 0 aliphatic carbocycles. The van der Waals surface area contributed by atoms with Crippen LogP contribution in [0, 0.1) is 5.41 Å². The van der Waals surface area contributed by atoms with Crippen molar-refractivity contribution in [3.63, 3.8) is 0 Å². The van der Waals surface area contributed by atoms with Crippen LogP contribution >= 0.6 is 11.8 Å². The highest BCUT2D eigenvalue weighted by molar-refractivity contribution is 8.01. The van der Waals surface area contributed by atoms with E-state index in [1.54, 1.807) is 11.8 Å². The number of β-lactam (4-membered cyclic amide) rings is 1. The Morgan fingerprint density at radius 1 is 1.80 bits per heavy atom. The maximum atomic E-state index is 10.8. The zero-order valence-electron chi connectivity index (χ0n) is 5.41. The summed E-state index contributed by atoms with van der Waals surface area (Å²) in [6.45, 7) is 0.762. The predicted octanol–water partition coefficient (Wildman–Crippen LogP) is 0.310. The van der Waals surface area contributed by atoms with Gasteiger partial charge in [-0.1, -0.05) is 0 Å². The molecule has 1 amide bonds. The van der Waals surface area contributed by atoms with Gasteiger partial charge >= 0.3 is 0 Å². The molecular weight excluding hydrogens is 148 g/mol. The van der Waals surface area contributed by atoms with Crippen molar-refractivity contribution in [1.29, 1.82) is 5.41 Å². The van der Waals surface area contributed by atoms with Crippen molar-refractivity contribution in [2.75, 3.05) is 6.54 Å². The summed E-state index contributed by atoms with van der Waals surface area (Å²) in [5.41, 5.74) is 0. The third kappa shape index (κ3) is 0.683. The Morgan fingerprint density at radius 2 is 2.60 bits per heavy atom. The molecule has 2 unspecified atom stereocenters. The number of hydrogen-bond acceptors (Lipinski definition) is 3. The zero-order valence-corrected chi connectivity index (χ0v) is 6.23. The van der Waals surface area contributed by atoms with Crippen LogP contribution in [0.2, 0.25) is 0 Å². The Labute approximate surface area is 63.3 Å². The van der Waals surface area contributed by atoms with Crippen LogP contribution in [0.1, 0.15) is 6.42 Å². The second-order valence-corrected chi connectivity index (χ2v) is 3.97. The summed E-state index contributed by atoms with van der Waals surface area (Å²) in [5, 5.41) is 7.65. The summed E-state index contributed by atoms with van der Waals surface area (Å²) in [4.78, 5) is 12.7. The lowest BCUT2D eigenvalue weighted by Crippen LogP contribution is -2.47. The molecule has 0 aromatic heterocycles. The van der Waals surface area contributed by atoms with Gasteiger partial charge in [0, 0.05) is 12.8 Å². The molecule has 2 fully saturated rings. The molecule has 0 aromatic carbocycles. The topological polar surface area (TPSA) is 44.2 Å². The average Bonchev–Trinajstić information content (AvgIpc) is 2.26. The minimum absolute atomic E-state index is 0.252. The van der Waals surface area contributed by atoms with E-state index in [-0.39, 0.29) is 11.2 Å². The highest BCUT2D eigenvalue weighted by Crippen LogP contribution is 2.38. The molecule has 0 aromatic rings. The fraction of sp³-hybridized carbons (Fsp3) is 0.667. The molecule has 10 heavy (non-hydrogen) atoms. The number of amides is 1. The van der Waals surface area contributed by atoms with E-state index in [1.807, 2.05) is 4.90 Å². The van der Waals surface area contributed by atoms with Crippen molar-refractivity contribution in [2.24, 2.45) is 0 Å². The smallest absolute Gasteiger partial charge is 0.226 e. The lowest BCUT2D eigenvalue weighted by molar-refractivity contribution is -0.140. The Bertz CT molecular complexity index is 194. The van der Waals surface area contributed by atoms with Crippen LogP contribution in [0.5, 0.6) is 0 Å². The van der Waals surface area contributed by atoms with E-state index >= 15 is 0 Å². The minimum atomic E-state index is 0.252. The molecular formula is C6H8N2OS. The first kappa shape index (κ1) is 6.22. The second kappa shape index (κ2) is 1.99. The summed E-state index contributed by atoms with van der Waals surface area (Å²) in [6, 6.07) is 0. The van der Waals surface area contributed by atoms with E-state index in [1.165, 1.54) is 6.21 Å². The lowest BCUT2D eigenvalue weighted by atomic mass is 10.2. The molecule has 0 radical (unpaired) electrons.